The third-order valence-electron chi connectivity index (χ3n) is 5.73. The van der Waals surface area contributed by atoms with Crippen LogP contribution in [0.15, 0.2) is 78.9 Å². The Hall–Kier alpha value is -4.17. The van der Waals surface area contributed by atoms with Crippen LogP contribution < -0.4 is 15.5 Å². The van der Waals surface area contributed by atoms with Gasteiger partial charge in [-0.1, -0.05) is 54.6 Å². The van der Waals surface area contributed by atoms with Gasteiger partial charge in [-0.25, -0.2) is 10.3 Å². The number of nitrogens with zero attached hydrogens (tertiary/aromatic N) is 1. The van der Waals surface area contributed by atoms with Crippen LogP contribution in [0.5, 0.6) is 5.75 Å². The molecule has 4 rings (SSSR count). The summed E-state index contributed by atoms with van der Waals surface area (Å²) in [5, 5.41) is 11.7. The number of rotatable bonds is 7. The number of methoxy groups -OCH3 is 1. The highest BCUT2D eigenvalue weighted by molar-refractivity contribution is 6.07. The number of benzene rings is 3. The zero-order valence-electron chi connectivity index (χ0n) is 17.9. The SMILES string of the molecule is COc1ccc(CC2(c3ccccc3)NC(=O)N(Cc3ccc(C(=O)NO)cc3)C2=O)cc1. The Bertz CT molecular complexity index is 1160. The van der Waals surface area contributed by atoms with E-state index in [0.717, 1.165) is 5.56 Å². The van der Waals surface area contributed by atoms with E-state index in [0.29, 0.717) is 16.9 Å². The van der Waals surface area contributed by atoms with E-state index >= 15 is 0 Å². The van der Waals surface area contributed by atoms with Crippen LogP contribution in [0, 0.1) is 0 Å². The summed E-state index contributed by atoms with van der Waals surface area (Å²) >= 11 is 0. The van der Waals surface area contributed by atoms with Crippen LogP contribution in [0.25, 0.3) is 0 Å². The summed E-state index contributed by atoms with van der Waals surface area (Å²) in [6.07, 6.45) is 0.275. The molecule has 0 aromatic heterocycles. The molecular weight excluding hydrogens is 422 g/mol. The summed E-state index contributed by atoms with van der Waals surface area (Å²) in [6, 6.07) is 22.4. The van der Waals surface area contributed by atoms with Crippen molar-refractivity contribution in [2.24, 2.45) is 0 Å². The molecular formula is C25H23N3O5. The van der Waals surface area contributed by atoms with Gasteiger partial charge in [-0.05, 0) is 41.0 Å². The Morgan fingerprint density at radius 3 is 2.21 bits per heavy atom. The minimum absolute atomic E-state index is 0.0445. The second-order valence-electron chi connectivity index (χ2n) is 7.76. The van der Waals surface area contributed by atoms with Gasteiger partial charge in [0.15, 0.2) is 5.54 Å². The number of imide groups is 1. The van der Waals surface area contributed by atoms with E-state index < -0.39 is 17.5 Å². The largest absolute Gasteiger partial charge is 0.497 e. The molecule has 4 amide bonds. The van der Waals surface area contributed by atoms with Gasteiger partial charge in [0, 0.05) is 12.0 Å². The number of carbonyl (C=O) groups is 3. The van der Waals surface area contributed by atoms with Crippen molar-refractivity contribution in [2.45, 2.75) is 18.5 Å². The van der Waals surface area contributed by atoms with Crippen LogP contribution in [0.3, 0.4) is 0 Å². The molecule has 0 aliphatic carbocycles. The average Bonchev–Trinajstić information content (AvgIpc) is 3.10. The first-order valence-corrected chi connectivity index (χ1v) is 10.3. The van der Waals surface area contributed by atoms with Crippen molar-refractivity contribution in [2.75, 3.05) is 7.11 Å². The van der Waals surface area contributed by atoms with E-state index in [1.54, 1.807) is 24.7 Å². The molecule has 1 aliphatic heterocycles. The number of hydrogen-bond donors (Lipinski definition) is 3. The van der Waals surface area contributed by atoms with Crippen molar-refractivity contribution in [1.29, 1.82) is 0 Å². The van der Waals surface area contributed by atoms with Gasteiger partial charge in [0.05, 0.1) is 13.7 Å². The molecule has 8 heteroatoms. The molecule has 1 fully saturated rings. The molecule has 0 saturated carbocycles. The fourth-order valence-electron chi connectivity index (χ4n) is 3.97. The Balaban J connectivity index is 1.64. The minimum Gasteiger partial charge on any atom is -0.497 e. The quantitative estimate of drug-likeness (QED) is 0.294. The molecule has 1 atom stereocenters. The van der Waals surface area contributed by atoms with E-state index in [1.165, 1.54) is 17.0 Å². The monoisotopic (exact) mass is 445 g/mol. The van der Waals surface area contributed by atoms with Crippen LogP contribution >= 0.6 is 0 Å². The number of carbonyl (C=O) groups excluding carboxylic acids is 3. The van der Waals surface area contributed by atoms with Gasteiger partial charge in [-0.15, -0.1) is 0 Å². The number of urea groups is 1. The zero-order chi connectivity index (χ0) is 23.4. The van der Waals surface area contributed by atoms with Crippen molar-refractivity contribution >= 4 is 17.8 Å². The van der Waals surface area contributed by atoms with Crippen molar-refractivity contribution < 1.29 is 24.3 Å². The standard InChI is InChI=1S/C25H23N3O5/c1-33-21-13-9-17(10-14-21)15-25(20-5-3-2-4-6-20)23(30)28(24(31)26-25)16-18-7-11-19(12-8-18)22(29)27-32/h2-14,32H,15-16H2,1H3,(H,26,31)(H,27,29). The lowest BCUT2D eigenvalue weighted by atomic mass is 9.83. The van der Waals surface area contributed by atoms with Crippen LogP contribution in [-0.4, -0.2) is 35.1 Å². The molecule has 3 aromatic rings. The Morgan fingerprint density at radius 2 is 1.61 bits per heavy atom. The number of amides is 4. The maximum Gasteiger partial charge on any atom is 0.325 e. The summed E-state index contributed by atoms with van der Waals surface area (Å²) in [7, 11) is 1.59. The lowest BCUT2D eigenvalue weighted by molar-refractivity contribution is -0.132. The fraction of sp³-hybridized carbons (Fsp3) is 0.160. The van der Waals surface area contributed by atoms with Gasteiger partial charge in [0.2, 0.25) is 0 Å². The lowest BCUT2D eigenvalue weighted by Crippen LogP contribution is -2.46. The van der Waals surface area contributed by atoms with Gasteiger partial charge in [0.1, 0.15) is 5.75 Å². The molecule has 1 unspecified atom stereocenters. The average molecular weight is 445 g/mol. The predicted molar refractivity (Wildman–Crippen MR) is 120 cm³/mol. The third kappa shape index (κ3) is 4.28. The van der Waals surface area contributed by atoms with Crippen molar-refractivity contribution in [3.63, 3.8) is 0 Å². The van der Waals surface area contributed by atoms with E-state index in [9.17, 15) is 14.4 Å². The molecule has 33 heavy (non-hydrogen) atoms. The molecule has 1 saturated heterocycles. The Morgan fingerprint density at radius 1 is 0.970 bits per heavy atom. The van der Waals surface area contributed by atoms with Crippen LogP contribution in [0.1, 0.15) is 27.0 Å². The Labute approximate surface area is 190 Å². The van der Waals surface area contributed by atoms with Gasteiger partial charge in [0.25, 0.3) is 11.8 Å². The predicted octanol–water partition coefficient (Wildman–Crippen LogP) is 3.00. The van der Waals surface area contributed by atoms with Gasteiger partial charge in [-0.2, -0.15) is 0 Å². The molecule has 3 N–H and O–H groups in total. The fourth-order valence-corrected chi connectivity index (χ4v) is 3.97. The van der Waals surface area contributed by atoms with Gasteiger partial charge < -0.3 is 10.1 Å². The van der Waals surface area contributed by atoms with Crippen LogP contribution in [-0.2, 0) is 23.3 Å². The molecule has 0 spiro atoms. The summed E-state index contributed by atoms with van der Waals surface area (Å²) in [5.74, 6) is -0.292. The first kappa shape index (κ1) is 22.0. The minimum atomic E-state index is -1.25. The van der Waals surface area contributed by atoms with E-state index in [4.69, 9.17) is 9.94 Å². The lowest BCUT2D eigenvalue weighted by Gasteiger charge is -2.27. The first-order chi connectivity index (χ1) is 16.0. The Kier molecular flexibility index (Phi) is 6.10. The number of hydroxylamine groups is 1. The summed E-state index contributed by atoms with van der Waals surface area (Å²) in [6.45, 7) is 0.0445. The maximum atomic E-state index is 13.7. The third-order valence-corrected chi connectivity index (χ3v) is 5.73. The molecule has 8 nitrogen and oxygen atoms in total. The summed E-state index contributed by atoms with van der Waals surface area (Å²) < 4.78 is 5.22. The van der Waals surface area contributed by atoms with Crippen molar-refractivity contribution in [3.8, 4) is 5.75 Å². The first-order valence-electron chi connectivity index (χ1n) is 10.3. The number of hydrogen-bond acceptors (Lipinski definition) is 5. The highest BCUT2D eigenvalue weighted by atomic mass is 16.5. The highest BCUT2D eigenvalue weighted by Gasteiger charge is 2.52. The maximum absolute atomic E-state index is 13.7. The molecule has 1 aliphatic rings. The normalized spacial score (nSPS) is 17.6. The van der Waals surface area contributed by atoms with E-state index in [-0.39, 0.29) is 24.4 Å². The second kappa shape index (κ2) is 9.13. The number of nitrogens with one attached hydrogen (secondary N) is 2. The number of ether oxygens (including phenoxy) is 1. The second-order valence-corrected chi connectivity index (χ2v) is 7.76. The summed E-state index contributed by atoms with van der Waals surface area (Å²) in [4.78, 5) is 39.4. The van der Waals surface area contributed by atoms with Crippen LogP contribution in [0.4, 0.5) is 4.79 Å². The van der Waals surface area contributed by atoms with Crippen molar-refractivity contribution in [3.05, 3.63) is 101 Å². The van der Waals surface area contributed by atoms with Gasteiger partial charge in [-0.3, -0.25) is 19.7 Å². The van der Waals surface area contributed by atoms with Crippen LogP contribution in [0.2, 0.25) is 0 Å². The van der Waals surface area contributed by atoms with Gasteiger partial charge >= 0.3 is 6.03 Å². The molecule has 168 valence electrons. The van der Waals surface area contributed by atoms with Crippen molar-refractivity contribution in [1.82, 2.24) is 15.7 Å². The molecule has 1 heterocycles. The van der Waals surface area contributed by atoms with E-state index in [1.807, 2.05) is 54.6 Å². The summed E-state index contributed by atoms with van der Waals surface area (Å²) in [5.41, 5.74) is 2.82. The van der Waals surface area contributed by atoms with E-state index in [2.05, 4.69) is 5.32 Å². The molecule has 3 aromatic carbocycles. The molecule has 0 radical (unpaired) electrons. The smallest absolute Gasteiger partial charge is 0.325 e. The topological polar surface area (TPSA) is 108 Å². The zero-order valence-corrected chi connectivity index (χ0v) is 17.9. The molecule has 0 bridgehead atoms. The highest BCUT2D eigenvalue weighted by Crippen LogP contribution is 2.34.